The molecular formula is C16H32O6SSi2. The average molecular weight is 409 g/mol. The van der Waals surface area contributed by atoms with E-state index in [0.717, 1.165) is 9.00 Å². The summed E-state index contributed by atoms with van der Waals surface area (Å²) in [5.74, 6) is 0. The van der Waals surface area contributed by atoms with Crippen LogP contribution in [-0.2, 0) is 26.6 Å². The van der Waals surface area contributed by atoms with Gasteiger partial charge in [0.15, 0.2) is 0 Å². The third-order valence-corrected chi connectivity index (χ3v) is 11.6. The first-order valence-electron chi connectivity index (χ1n) is 9.02. The summed E-state index contributed by atoms with van der Waals surface area (Å²) in [7, 11) is -5.85. The Hall–Kier alpha value is -0.106. The summed E-state index contributed by atoms with van der Waals surface area (Å²) in [6, 6.07) is 4.01. The van der Waals surface area contributed by atoms with E-state index in [9.17, 15) is 0 Å². The van der Waals surface area contributed by atoms with Crippen LogP contribution >= 0.6 is 11.3 Å². The Morgan fingerprint density at radius 1 is 0.560 bits per heavy atom. The number of hydrogen-bond acceptors (Lipinski definition) is 7. The minimum Gasteiger partial charge on any atom is -0.370 e. The van der Waals surface area contributed by atoms with Gasteiger partial charge in [0.05, 0.1) is 9.00 Å². The first-order chi connectivity index (χ1) is 12.1. The van der Waals surface area contributed by atoms with Crippen LogP contribution in [0.15, 0.2) is 12.1 Å². The normalized spacial score (nSPS) is 12.7. The maximum Gasteiger partial charge on any atom is 0.547 e. The number of thiophene rings is 1. The molecule has 9 heteroatoms. The first kappa shape index (κ1) is 22.9. The van der Waals surface area contributed by atoms with Gasteiger partial charge in [-0.3, -0.25) is 0 Å². The molecule has 25 heavy (non-hydrogen) atoms. The van der Waals surface area contributed by atoms with E-state index in [-0.39, 0.29) is 0 Å². The van der Waals surface area contributed by atoms with Crippen molar-refractivity contribution in [2.75, 3.05) is 39.6 Å². The van der Waals surface area contributed by atoms with Crippen molar-refractivity contribution in [1.29, 1.82) is 0 Å². The summed E-state index contributed by atoms with van der Waals surface area (Å²) < 4.78 is 37.9. The lowest BCUT2D eigenvalue weighted by molar-refractivity contribution is 0.0861. The van der Waals surface area contributed by atoms with Crippen molar-refractivity contribution in [3.8, 4) is 0 Å². The van der Waals surface area contributed by atoms with Gasteiger partial charge in [0.2, 0.25) is 0 Å². The van der Waals surface area contributed by atoms with Crippen LogP contribution in [0.2, 0.25) is 0 Å². The Kier molecular flexibility index (Phi) is 10.6. The third-order valence-electron chi connectivity index (χ3n) is 3.22. The Morgan fingerprint density at radius 2 is 0.800 bits per heavy atom. The largest absolute Gasteiger partial charge is 0.547 e. The molecule has 1 rings (SSSR count). The van der Waals surface area contributed by atoms with E-state index in [2.05, 4.69) is 0 Å². The van der Waals surface area contributed by atoms with Crippen LogP contribution in [0.1, 0.15) is 41.5 Å². The van der Waals surface area contributed by atoms with Crippen molar-refractivity contribution >= 4 is 37.9 Å². The van der Waals surface area contributed by atoms with Crippen molar-refractivity contribution in [3.63, 3.8) is 0 Å². The summed E-state index contributed by atoms with van der Waals surface area (Å²) in [6.07, 6.45) is 0. The van der Waals surface area contributed by atoms with Crippen molar-refractivity contribution in [2.45, 2.75) is 41.5 Å². The van der Waals surface area contributed by atoms with Crippen LogP contribution < -0.4 is 9.00 Å². The van der Waals surface area contributed by atoms with E-state index >= 15 is 0 Å². The Labute approximate surface area is 158 Å². The molecular weight excluding hydrogens is 376 g/mol. The number of hydrogen-bond donors (Lipinski definition) is 0. The molecule has 0 N–H and O–H groups in total. The molecule has 0 atom stereocenters. The van der Waals surface area contributed by atoms with Crippen molar-refractivity contribution in [1.82, 2.24) is 0 Å². The molecule has 1 aromatic rings. The highest BCUT2D eigenvalue weighted by molar-refractivity contribution is 7.32. The van der Waals surface area contributed by atoms with Crippen molar-refractivity contribution in [2.24, 2.45) is 0 Å². The summed E-state index contributed by atoms with van der Waals surface area (Å²) in [4.78, 5) is 0. The lowest BCUT2D eigenvalue weighted by Crippen LogP contribution is -2.57. The van der Waals surface area contributed by atoms with Crippen LogP contribution in [0.25, 0.3) is 0 Å². The predicted octanol–water partition coefficient (Wildman–Crippen LogP) is 2.26. The zero-order chi connectivity index (χ0) is 18.8. The molecule has 0 bridgehead atoms. The van der Waals surface area contributed by atoms with Crippen LogP contribution in [0.4, 0.5) is 0 Å². The highest BCUT2D eigenvalue weighted by Crippen LogP contribution is 2.18. The smallest absolute Gasteiger partial charge is 0.370 e. The fourth-order valence-electron chi connectivity index (χ4n) is 2.48. The second kappa shape index (κ2) is 11.6. The predicted molar refractivity (Wildman–Crippen MR) is 105 cm³/mol. The zero-order valence-corrected chi connectivity index (χ0v) is 19.1. The van der Waals surface area contributed by atoms with Gasteiger partial charge in [0.1, 0.15) is 0 Å². The van der Waals surface area contributed by atoms with E-state index in [0.29, 0.717) is 39.6 Å². The van der Waals surface area contributed by atoms with Gasteiger partial charge in [0.25, 0.3) is 0 Å². The summed E-state index contributed by atoms with van der Waals surface area (Å²) in [5, 5.41) is 0. The van der Waals surface area contributed by atoms with E-state index < -0.39 is 17.6 Å². The van der Waals surface area contributed by atoms with Gasteiger partial charge in [-0.1, -0.05) is 0 Å². The molecule has 6 nitrogen and oxygen atoms in total. The van der Waals surface area contributed by atoms with Crippen LogP contribution in [-0.4, -0.2) is 57.3 Å². The molecule has 146 valence electrons. The maximum absolute atomic E-state index is 6.00. The summed E-state index contributed by atoms with van der Waals surface area (Å²) in [5.41, 5.74) is 0. The van der Waals surface area contributed by atoms with Crippen molar-refractivity contribution in [3.05, 3.63) is 12.1 Å². The fourth-order valence-corrected chi connectivity index (χ4v) is 10.2. The van der Waals surface area contributed by atoms with Crippen molar-refractivity contribution < 1.29 is 26.6 Å². The zero-order valence-electron chi connectivity index (χ0n) is 16.3. The Bertz CT molecular complexity index is 410. The van der Waals surface area contributed by atoms with Gasteiger partial charge >= 0.3 is 17.6 Å². The molecule has 0 aromatic carbocycles. The van der Waals surface area contributed by atoms with Crippen LogP contribution in [0.5, 0.6) is 0 Å². The van der Waals surface area contributed by atoms with E-state index in [1.54, 1.807) is 11.3 Å². The molecule has 0 radical (unpaired) electrons. The summed E-state index contributed by atoms with van der Waals surface area (Å²) >= 11 is 1.56. The second-order valence-corrected chi connectivity index (χ2v) is 11.7. The van der Waals surface area contributed by atoms with E-state index in [1.807, 2.05) is 53.7 Å². The van der Waals surface area contributed by atoms with Gasteiger partial charge in [0, 0.05) is 39.6 Å². The summed E-state index contributed by atoms with van der Waals surface area (Å²) in [6.45, 7) is 14.9. The molecule has 0 spiro atoms. The minimum absolute atomic E-state index is 0.532. The minimum atomic E-state index is -2.92. The highest BCUT2D eigenvalue weighted by atomic mass is 32.1. The Balaban J connectivity index is 3.29. The molecule has 0 fully saturated rings. The second-order valence-electron chi connectivity index (χ2n) is 4.87. The lowest BCUT2D eigenvalue weighted by Gasteiger charge is -2.28. The molecule has 0 aliphatic heterocycles. The number of rotatable bonds is 14. The topological polar surface area (TPSA) is 55.4 Å². The van der Waals surface area contributed by atoms with Crippen LogP contribution in [0.3, 0.4) is 0 Å². The van der Waals surface area contributed by atoms with Gasteiger partial charge < -0.3 is 26.6 Å². The SMILES string of the molecule is CCO[Si](OCC)(OCC)c1ccc([Si](OCC)(OCC)OCC)s1. The molecule has 0 saturated heterocycles. The van der Waals surface area contributed by atoms with Gasteiger partial charge in [-0.05, 0) is 53.7 Å². The average Bonchev–Trinajstić information content (AvgIpc) is 3.07. The maximum atomic E-state index is 6.00. The molecule has 0 unspecified atom stereocenters. The fraction of sp³-hybridized carbons (Fsp3) is 0.750. The molecule has 0 amide bonds. The molecule has 0 saturated carbocycles. The van der Waals surface area contributed by atoms with Gasteiger partial charge in [-0.15, -0.1) is 11.3 Å². The third kappa shape index (κ3) is 5.68. The molecule has 1 aromatic heterocycles. The lowest BCUT2D eigenvalue weighted by atomic mass is 10.7. The van der Waals surface area contributed by atoms with E-state index in [1.165, 1.54) is 0 Å². The first-order valence-corrected chi connectivity index (χ1v) is 13.3. The van der Waals surface area contributed by atoms with E-state index in [4.69, 9.17) is 26.6 Å². The molecule has 0 aliphatic carbocycles. The van der Waals surface area contributed by atoms with Gasteiger partial charge in [-0.2, -0.15) is 0 Å². The highest BCUT2D eigenvalue weighted by Gasteiger charge is 2.49. The molecule has 0 aliphatic rings. The van der Waals surface area contributed by atoms with Crippen LogP contribution in [0, 0.1) is 0 Å². The Morgan fingerprint density at radius 3 is 1.00 bits per heavy atom. The van der Waals surface area contributed by atoms with Gasteiger partial charge in [-0.25, -0.2) is 0 Å². The quantitative estimate of drug-likeness (QED) is 0.440. The standard InChI is InChI=1S/C16H32O6SSi2/c1-7-17-24(18-8-2,19-9-3)15-13-14-16(23-15)25(20-10-4,21-11-5)22-12-6/h13-14H,7-12H2,1-6H3. The molecule has 1 heterocycles. The monoisotopic (exact) mass is 408 g/mol.